The van der Waals surface area contributed by atoms with E-state index in [4.69, 9.17) is 25.8 Å². The quantitative estimate of drug-likeness (QED) is 0.257. The fraction of sp³-hybridized carbons (Fsp3) is 0.875. The van der Waals surface area contributed by atoms with Crippen LogP contribution in [0.4, 0.5) is 0 Å². The Hall–Kier alpha value is -0.810. The van der Waals surface area contributed by atoms with Gasteiger partial charge in [0, 0.05) is 0 Å². The molecule has 0 radical (unpaired) electrons. The van der Waals surface area contributed by atoms with E-state index < -0.39 is 43.2 Å². The first-order valence-corrected chi connectivity index (χ1v) is 4.83. The van der Waals surface area contributed by atoms with Crippen LogP contribution in [0.15, 0.2) is 0 Å². The summed E-state index contributed by atoms with van der Waals surface area (Å²) in [5.74, 6) is -0.968. The molecule has 0 bridgehead atoms. The Morgan fingerprint density at radius 1 is 1.24 bits per heavy atom. The van der Waals surface area contributed by atoms with E-state index in [2.05, 4.69) is 5.73 Å². The van der Waals surface area contributed by atoms with Gasteiger partial charge in [-0.15, -0.1) is 0 Å². The van der Waals surface area contributed by atoms with Crippen LogP contribution in [0.3, 0.4) is 0 Å². The van der Waals surface area contributed by atoms with E-state index in [1.165, 1.54) is 0 Å². The molecule has 9 N–H and O–H groups in total. The summed E-state index contributed by atoms with van der Waals surface area (Å²) in [7, 11) is 0. The van der Waals surface area contributed by atoms with Gasteiger partial charge in [-0.25, -0.2) is 0 Å². The van der Waals surface area contributed by atoms with Gasteiger partial charge in [0.05, 0.1) is 19.2 Å². The van der Waals surface area contributed by atoms with Gasteiger partial charge in [-0.3, -0.25) is 4.79 Å². The second kappa shape index (κ2) is 7.50. The molecule has 9 nitrogen and oxygen atoms in total. The van der Waals surface area contributed by atoms with Crippen molar-refractivity contribution in [2.24, 2.45) is 11.5 Å². The highest BCUT2D eigenvalue weighted by Gasteiger charge is 2.41. The molecule has 0 unspecified atom stereocenters. The third-order valence-corrected chi connectivity index (χ3v) is 2.12. The second-order valence-electron chi connectivity index (χ2n) is 3.40. The molecule has 1 fully saturated rings. The van der Waals surface area contributed by atoms with Crippen LogP contribution in [0.2, 0.25) is 0 Å². The van der Waals surface area contributed by atoms with Gasteiger partial charge in [-0.05, 0) is 0 Å². The maximum Gasteiger partial charge on any atom is 0.317 e. The summed E-state index contributed by atoms with van der Waals surface area (Å²) in [6.07, 6.45) is -4.85. The van der Waals surface area contributed by atoms with Crippen molar-refractivity contribution in [3.8, 4) is 0 Å². The molecule has 0 aromatic heterocycles. The number of hydrogen-bond donors (Lipinski definition) is 7. The Labute approximate surface area is 97.2 Å². The summed E-state index contributed by atoms with van der Waals surface area (Å²) in [6.45, 7) is -0.748. The number of aliphatic carboxylic acids is 1. The normalized spacial score (nSPS) is 36.9. The van der Waals surface area contributed by atoms with Crippen LogP contribution < -0.4 is 11.5 Å². The zero-order valence-corrected chi connectivity index (χ0v) is 9.01. The van der Waals surface area contributed by atoms with Crippen LogP contribution in [0.1, 0.15) is 0 Å². The Kier molecular flexibility index (Phi) is 7.15. The van der Waals surface area contributed by atoms with Crippen LogP contribution in [0.5, 0.6) is 0 Å². The molecule has 0 saturated carbocycles. The third-order valence-electron chi connectivity index (χ3n) is 2.12. The predicted octanol–water partition coefficient (Wildman–Crippen LogP) is -4.23. The zero-order valence-electron chi connectivity index (χ0n) is 9.01. The predicted molar refractivity (Wildman–Crippen MR) is 54.6 cm³/mol. The average Bonchev–Trinajstić information content (AvgIpc) is 2.31. The molecule has 1 saturated heterocycles. The fourth-order valence-electron chi connectivity index (χ4n) is 1.12. The van der Waals surface area contributed by atoms with Gasteiger partial charge in [0.15, 0.2) is 6.29 Å². The number of aliphatic hydroxyl groups excluding tert-OH is 4. The van der Waals surface area contributed by atoms with Crippen molar-refractivity contribution in [1.82, 2.24) is 0 Å². The number of nitrogens with two attached hydrogens (primary N) is 2. The van der Waals surface area contributed by atoms with Crippen LogP contribution in [-0.4, -0.2) is 75.3 Å². The van der Waals surface area contributed by atoms with Crippen LogP contribution >= 0.6 is 0 Å². The smallest absolute Gasteiger partial charge is 0.317 e. The van der Waals surface area contributed by atoms with E-state index in [0.717, 1.165) is 0 Å². The van der Waals surface area contributed by atoms with E-state index in [1.807, 2.05) is 0 Å². The number of aliphatic hydroxyl groups is 4. The van der Waals surface area contributed by atoms with Crippen molar-refractivity contribution in [1.29, 1.82) is 0 Å². The maximum absolute atomic E-state index is 9.24. The van der Waals surface area contributed by atoms with Gasteiger partial charge in [0.25, 0.3) is 0 Å². The van der Waals surface area contributed by atoms with Crippen LogP contribution in [0.25, 0.3) is 0 Å². The minimum Gasteiger partial charge on any atom is -0.480 e. The lowest BCUT2D eigenvalue weighted by molar-refractivity contribution is -0.248. The van der Waals surface area contributed by atoms with E-state index in [-0.39, 0.29) is 6.54 Å². The van der Waals surface area contributed by atoms with Gasteiger partial charge in [-0.1, -0.05) is 0 Å². The van der Waals surface area contributed by atoms with E-state index >= 15 is 0 Å². The summed E-state index contributed by atoms with van der Waals surface area (Å²) >= 11 is 0. The van der Waals surface area contributed by atoms with E-state index in [0.29, 0.717) is 0 Å². The topological polar surface area (TPSA) is 179 Å². The number of ether oxygens (including phenoxy) is 1. The summed E-state index contributed by atoms with van der Waals surface area (Å²) in [5.41, 5.74) is 9.83. The molecule has 102 valence electrons. The first kappa shape index (κ1) is 16.2. The van der Waals surface area contributed by atoms with Crippen LogP contribution in [0, 0.1) is 0 Å². The molecule has 0 spiro atoms. The highest BCUT2D eigenvalue weighted by Crippen LogP contribution is 2.17. The molecule has 17 heavy (non-hydrogen) atoms. The first-order chi connectivity index (χ1) is 7.84. The summed E-state index contributed by atoms with van der Waals surface area (Å²) in [4.78, 5) is 9.24. The van der Waals surface area contributed by atoms with Gasteiger partial charge < -0.3 is 41.7 Å². The fourth-order valence-corrected chi connectivity index (χ4v) is 1.12. The number of hydrogen-bond acceptors (Lipinski definition) is 8. The van der Waals surface area contributed by atoms with E-state index in [1.54, 1.807) is 0 Å². The number of carbonyl (C=O) groups is 1. The first-order valence-electron chi connectivity index (χ1n) is 4.83. The minimum atomic E-state index is -1.35. The van der Waals surface area contributed by atoms with Crippen molar-refractivity contribution in [2.75, 3.05) is 13.2 Å². The number of carboxylic acid groups (broad SMARTS) is 1. The SMILES string of the molecule is NCC(=O)O.N[C@@H]1[C@@H](O)[C@H](O)[C@@H](CO)O[C@H]1O. The van der Waals surface area contributed by atoms with Gasteiger partial charge in [0.1, 0.15) is 18.3 Å². The minimum absolute atomic E-state index is 0.278. The van der Waals surface area contributed by atoms with Crippen molar-refractivity contribution in [2.45, 2.75) is 30.6 Å². The lowest BCUT2D eigenvalue weighted by Crippen LogP contribution is -2.61. The Morgan fingerprint density at radius 2 is 1.71 bits per heavy atom. The molecule has 1 rings (SSSR count). The standard InChI is InChI=1S/C6H13NO5.C2H5NO2/c7-3-5(10)4(9)2(1-8)12-6(3)11;3-1-2(4)5/h2-6,8-11H,1,7H2;1,3H2,(H,4,5)/t2-,3-,4-,5-,6-;/m1./s1. The molecule has 0 aliphatic carbocycles. The van der Waals surface area contributed by atoms with Crippen LogP contribution in [-0.2, 0) is 9.53 Å². The Bertz CT molecular complexity index is 235. The zero-order chi connectivity index (χ0) is 13.6. The molecule has 5 atom stereocenters. The monoisotopic (exact) mass is 254 g/mol. The molecule has 0 amide bonds. The number of carboxylic acids is 1. The largest absolute Gasteiger partial charge is 0.480 e. The molecule has 0 aromatic carbocycles. The molecule has 1 heterocycles. The van der Waals surface area contributed by atoms with Crippen molar-refractivity contribution >= 4 is 5.97 Å². The molecule has 9 heteroatoms. The lowest BCUT2D eigenvalue weighted by atomic mass is 9.98. The number of rotatable bonds is 2. The molecular weight excluding hydrogens is 236 g/mol. The van der Waals surface area contributed by atoms with Gasteiger partial charge in [0.2, 0.25) is 0 Å². The van der Waals surface area contributed by atoms with E-state index in [9.17, 15) is 15.0 Å². The summed E-state index contributed by atoms with van der Waals surface area (Å²) in [6, 6.07) is -1.04. The highest BCUT2D eigenvalue weighted by molar-refractivity contribution is 5.68. The Morgan fingerprint density at radius 3 is 2.06 bits per heavy atom. The van der Waals surface area contributed by atoms with Crippen molar-refractivity contribution < 1.29 is 35.1 Å². The molecule has 1 aliphatic rings. The summed E-state index contributed by atoms with van der Waals surface area (Å²) < 4.78 is 4.70. The highest BCUT2D eigenvalue weighted by atomic mass is 16.6. The maximum atomic E-state index is 9.24. The molecule has 0 aromatic rings. The van der Waals surface area contributed by atoms with Crippen molar-refractivity contribution in [3.05, 3.63) is 0 Å². The lowest BCUT2D eigenvalue weighted by Gasteiger charge is -2.38. The van der Waals surface area contributed by atoms with Gasteiger partial charge in [-0.2, -0.15) is 0 Å². The van der Waals surface area contributed by atoms with Gasteiger partial charge >= 0.3 is 5.97 Å². The van der Waals surface area contributed by atoms with Crippen molar-refractivity contribution in [3.63, 3.8) is 0 Å². The third kappa shape index (κ3) is 4.91. The average molecular weight is 254 g/mol. The Balaban J connectivity index is 0.000000437. The second-order valence-corrected chi connectivity index (χ2v) is 3.40. The molecular formula is C8H18N2O7. The molecule has 1 aliphatic heterocycles. The summed E-state index contributed by atoms with van der Waals surface area (Å²) in [5, 5.41) is 43.7.